The normalized spacial score (nSPS) is 17.8. The molecule has 1 unspecified atom stereocenters. The quantitative estimate of drug-likeness (QED) is 0.306. The van der Waals surface area contributed by atoms with Crippen LogP contribution in [0.15, 0.2) is 47.5 Å². The summed E-state index contributed by atoms with van der Waals surface area (Å²) in [5, 5.41) is 6.23. The maximum atomic E-state index is 14.8. The molecule has 216 valence electrons. The minimum atomic E-state index is -4.48. The third-order valence-corrected chi connectivity index (χ3v) is 7.67. The first-order valence-electron chi connectivity index (χ1n) is 12.3. The van der Waals surface area contributed by atoms with Crippen LogP contribution in [0.2, 0.25) is 0 Å². The number of sulfone groups is 1. The van der Waals surface area contributed by atoms with E-state index in [4.69, 9.17) is 4.74 Å². The van der Waals surface area contributed by atoms with Gasteiger partial charge in [0.05, 0.1) is 42.3 Å². The Morgan fingerprint density at radius 3 is 2.55 bits per heavy atom. The van der Waals surface area contributed by atoms with Crippen LogP contribution in [0, 0.1) is 11.8 Å². The highest BCUT2D eigenvalue weighted by Gasteiger charge is 2.43. The largest absolute Gasteiger partial charge is 0.495 e. The van der Waals surface area contributed by atoms with E-state index in [1.54, 1.807) is 13.1 Å². The van der Waals surface area contributed by atoms with Gasteiger partial charge in [-0.2, -0.15) is 13.2 Å². The highest BCUT2D eigenvalue weighted by atomic mass is 32.2. The van der Waals surface area contributed by atoms with Gasteiger partial charge in [-0.1, -0.05) is 11.8 Å². The molecule has 1 aromatic heterocycles. The number of alkyl halides is 5. The molecule has 2 heterocycles. The number of methoxy groups -OCH3 is 1. The number of benzene rings is 2. The molecule has 4 rings (SSSR count). The number of hydrogen-bond acceptors (Lipinski definition) is 6. The van der Waals surface area contributed by atoms with Gasteiger partial charge in [0.25, 0.3) is 5.92 Å². The first-order chi connectivity index (χ1) is 18.7. The molecule has 1 fully saturated rings. The number of anilines is 2. The molecule has 0 bridgehead atoms. The van der Waals surface area contributed by atoms with Crippen molar-refractivity contribution in [2.75, 3.05) is 50.7 Å². The zero-order valence-corrected chi connectivity index (χ0v) is 22.9. The van der Waals surface area contributed by atoms with E-state index in [0.717, 1.165) is 10.8 Å². The fourth-order valence-electron chi connectivity index (χ4n) is 4.63. The molecular formula is C27H29F5N4O3S. The summed E-state index contributed by atoms with van der Waals surface area (Å²) in [5.41, 5.74) is 1.19. The molecule has 0 spiro atoms. The SMILES string of the molecule is COc1ccc(S(C)(=O)=O)cc1NCC#Cc1cc(NC2CCN(C)CC2(F)F)c2ccn(CC(F)(F)F)c2c1. The Bertz CT molecular complexity index is 1560. The van der Waals surface area contributed by atoms with Gasteiger partial charge in [0, 0.05) is 35.6 Å². The van der Waals surface area contributed by atoms with Crippen LogP contribution in [0.3, 0.4) is 0 Å². The molecule has 2 aromatic carbocycles. The van der Waals surface area contributed by atoms with E-state index in [0.29, 0.717) is 28.9 Å². The summed E-state index contributed by atoms with van der Waals surface area (Å²) in [5.74, 6) is 3.08. The van der Waals surface area contributed by atoms with Gasteiger partial charge in [0.15, 0.2) is 9.84 Å². The van der Waals surface area contributed by atoms with Crippen LogP contribution >= 0.6 is 0 Å². The van der Waals surface area contributed by atoms with Crippen LogP contribution < -0.4 is 15.4 Å². The van der Waals surface area contributed by atoms with E-state index in [-0.39, 0.29) is 29.1 Å². The zero-order chi connectivity index (χ0) is 29.3. The summed E-state index contributed by atoms with van der Waals surface area (Å²) in [6.45, 7) is -1.19. The Kier molecular flexibility index (Phi) is 8.23. The molecule has 0 saturated carbocycles. The lowest BCUT2D eigenvalue weighted by Crippen LogP contribution is -2.53. The van der Waals surface area contributed by atoms with Crippen LogP contribution in [0.25, 0.3) is 10.9 Å². The molecule has 1 atom stereocenters. The average molecular weight is 585 g/mol. The molecule has 0 aliphatic carbocycles. The minimum absolute atomic E-state index is 0.0426. The van der Waals surface area contributed by atoms with E-state index in [2.05, 4.69) is 22.5 Å². The number of nitrogens with zero attached hydrogens (tertiary/aromatic N) is 2. The first kappa shape index (κ1) is 29.5. The van der Waals surface area contributed by atoms with Crippen molar-refractivity contribution in [2.45, 2.75) is 36.0 Å². The highest BCUT2D eigenvalue weighted by Crippen LogP contribution is 2.34. The molecule has 1 saturated heterocycles. The summed E-state index contributed by atoms with van der Waals surface area (Å²) in [6.07, 6.45) is -1.97. The predicted molar refractivity (Wildman–Crippen MR) is 144 cm³/mol. The Labute approximate surface area is 229 Å². The second kappa shape index (κ2) is 11.2. The molecule has 7 nitrogen and oxygen atoms in total. The van der Waals surface area contributed by atoms with Gasteiger partial charge in [-0.15, -0.1) is 0 Å². The molecular weight excluding hydrogens is 555 g/mol. The van der Waals surface area contributed by atoms with Gasteiger partial charge in [-0.05, 0) is 49.9 Å². The van der Waals surface area contributed by atoms with Gasteiger partial charge >= 0.3 is 6.18 Å². The predicted octanol–water partition coefficient (Wildman–Crippen LogP) is 4.83. The van der Waals surface area contributed by atoms with Gasteiger partial charge in [0.1, 0.15) is 12.3 Å². The standard InChI is InChI=1S/C27H29F5N4O3S/c1-35-11-9-25(26(28,29)16-35)34-21-13-18(14-23-20(21)8-12-36(23)17-27(30,31)32)5-4-10-33-22-15-19(40(3,37)38)6-7-24(22)39-2/h6-8,12-15,25,33-34H,9-11,16-17H2,1-3H3. The van der Waals surface area contributed by atoms with Gasteiger partial charge in [-0.25, -0.2) is 17.2 Å². The van der Waals surface area contributed by atoms with E-state index >= 15 is 0 Å². The lowest BCUT2D eigenvalue weighted by atomic mass is 10.00. The third kappa shape index (κ3) is 6.98. The van der Waals surface area contributed by atoms with Crippen LogP contribution in [0.5, 0.6) is 5.75 Å². The molecule has 1 aliphatic rings. The lowest BCUT2D eigenvalue weighted by molar-refractivity contribution is -0.139. The molecule has 13 heteroatoms. The van der Waals surface area contributed by atoms with Crippen LogP contribution in [-0.4, -0.2) is 76.1 Å². The van der Waals surface area contributed by atoms with Gasteiger partial charge in [0.2, 0.25) is 0 Å². The third-order valence-electron chi connectivity index (χ3n) is 6.56. The highest BCUT2D eigenvalue weighted by molar-refractivity contribution is 7.90. The summed E-state index contributed by atoms with van der Waals surface area (Å²) < 4.78 is 99.2. The summed E-state index contributed by atoms with van der Waals surface area (Å²) in [4.78, 5) is 1.62. The van der Waals surface area contributed by atoms with Gasteiger partial charge in [-0.3, -0.25) is 0 Å². The van der Waals surface area contributed by atoms with Crippen molar-refractivity contribution in [3.05, 3.63) is 48.2 Å². The second-order valence-corrected chi connectivity index (χ2v) is 11.8. The number of likely N-dealkylation sites (tertiary alicyclic amines) is 1. The first-order valence-corrected chi connectivity index (χ1v) is 14.2. The van der Waals surface area contributed by atoms with Crippen LogP contribution in [0.4, 0.5) is 33.3 Å². The van der Waals surface area contributed by atoms with Crippen molar-refractivity contribution < 1.29 is 35.1 Å². The number of ether oxygens (including phenoxy) is 1. The van der Waals surface area contributed by atoms with Crippen molar-refractivity contribution in [3.8, 4) is 17.6 Å². The number of piperidine rings is 1. The average Bonchev–Trinajstić information content (AvgIpc) is 3.23. The van der Waals surface area contributed by atoms with E-state index in [1.165, 1.54) is 48.5 Å². The van der Waals surface area contributed by atoms with Crippen molar-refractivity contribution in [1.82, 2.24) is 9.47 Å². The Hall–Kier alpha value is -3.50. The van der Waals surface area contributed by atoms with Crippen molar-refractivity contribution in [3.63, 3.8) is 0 Å². The smallest absolute Gasteiger partial charge is 0.406 e. The Morgan fingerprint density at radius 1 is 1.15 bits per heavy atom. The zero-order valence-electron chi connectivity index (χ0n) is 22.1. The second-order valence-electron chi connectivity index (χ2n) is 9.79. The number of rotatable bonds is 7. The van der Waals surface area contributed by atoms with Gasteiger partial charge < -0.3 is 24.8 Å². The fraction of sp³-hybridized carbons (Fsp3) is 0.407. The van der Waals surface area contributed by atoms with Crippen LogP contribution in [0.1, 0.15) is 12.0 Å². The molecule has 40 heavy (non-hydrogen) atoms. The number of halogens is 5. The molecule has 0 radical (unpaired) electrons. The van der Waals surface area contributed by atoms with Crippen molar-refractivity contribution >= 4 is 32.1 Å². The van der Waals surface area contributed by atoms with E-state index < -0.39 is 41.1 Å². The number of aromatic nitrogens is 1. The van der Waals surface area contributed by atoms with Crippen molar-refractivity contribution in [1.29, 1.82) is 0 Å². The Balaban J connectivity index is 1.65. The minimum Gasteiger partial charge on any atom is -0.495 e. The number of hydrogen-bond donors (Lipinski definition) is 2. The number of nitrogens with one attached hydrogen (secondary N) is 2. The monoisotopic (exact) mass is 584 g/mol. The van der Waals surface area contributed by atoms with Crippen molar-refractivity contribution in [2.24, 2.45) is 0 Å². The summed E-state index contributed by atoms with van der Waals surface area (Å²) in [7, 11) is -0.423. The summed E-state index contributed by atoms with van der Waals surface area (Å²) >= 11 is 0. The van der Waals surface area contributed by atoms with E-state index in [1.807, 2.05) is 0 Å². The van der Waals surface area contributed by atoms with Crippen LogP contribution in [-0.2, 0) is 16.4 Å². The molecule has 2 N–H and O–H groups in total. The maximum Gasteiger partial charge on any atom is 0.406 e. The fourth-order valence-corrected chi connectivity index (χ4v) is 5.28. The van der Waals surface area contributed by atoms with E-state index in [9.17, 15) is 30.4 Å². The topological polar surface area (TPSA) is 75.6 Å². The number of fused-ring (bicyclic) bond motifs is 1. The summed E-state index contributed by atoms with van der Waals surface area (Å²) in [6, 6.07) is 7.64. The maximum absolute atomic E-state index is 14.8. The Morgan fingerprint density at radius 2 is 1.90 bits per heavy atom. The molecule has 1 aliphatic heterocycles. The molecule has 0 amide bonds. The molecule has 3 aromatic rings. The lowest BCUT2D eigenvalue weighted by Gasteiger charge is -2.37.